The maximum absolute atomic E-state index is 11.0. The highest BCUT2D eigenvalue weighted by Crippen LogP contribution is 2.29. The lowest BCUT2D eigenvalue weighted by molar-refractivity contribution is -0.121. The Kier molecular flexibility index (Phi) is 5.16. The standard InChI is InChI=1S/C13H21N3OS/c14-15-13(17)3-1-2-7-16(12-4-5-12)9-11-6-8-18-10-11/h6,8,10,12H,1-5,7,9,14H2,(H,15,17). The van der Waals surface area contributed by atoms with E-state index >= 15 is 0 Å². The van der Waals surface area contributed by atoms with Crippen molar-refractivity contribution >= 4 is 17.2 Å². The number of hydrogen-bond acceptors (Lipinski definition) is 4. The predicted octanol–water partition coefficient (Wildman–Crippen LogP) is 1.87. The second kappa shape index (κ2) is 6.87. The molecule has 1 aromatic heterocycles. The van der Waals surface area contributed by atoms with Crippen molar-refractivity contribution in [3.8, 4) is 0 Å². The summed E-state index contributed by atoms with van der Waals surface area (Å²) in [6.07, 6.45) is 5.16. The number of carbonyl (C=O) groups is 1. The lowest BCUT2D eigenvalue weighted by atomic mass is 10.2. The molecular formula is C13H21N3OS. The second-order valence-corrected chi connectivity index (χ2v) is 5.64. The van der Waals surface area contributed by atoms with Gasteiger partial charge in [0.25, 0.3) is 0 Å². The molecule has 1 amide bonds. The van der Waals surface area contributed by atoms with E-state index in [9.17, 15) is 4.79 Å². The smallest absolute Gasteiger partial charge is 0.233 e. The minimum Gasteiger partial charge on any atom is -0.296 e. The first-order valence-electron chi connectivity index (χ1n) is 6.54. The molecule has 5 heteroatoms. The van der Waals surface area contributed by atoms with E-state index in [4.69, 9.17) is 5.84 Å². The number of thiophene rings is 1. The van der Waals surface area contributed by atoms with Gasteiger partial charge in [0.15, 0.2) is 0 Å². The van der Waals surface area contributed by atoms with Gasteiger partial charge in [-0.3, -0.25) is 15.1 Å². The van der Waals surface area contributed by atoms with Crippen LogP contribution in [0.2, 0.25) is 0 Å². The van der Waals surface area contributed by atoms with Gasteiger partial charge in [-0.1, -0.05) is 0 Å². The van der Waals surface area contributed by atoms with Crippen molar-refractivity contribution in [1.82, 2.24) is 10.3 Å². The van der Waals surface area contributed by atoms with Crippen LogP contribution >= 0.6 is 11.3 Å². The van der Waals surface area contributed by atoms with Crippen molar-refractivity contribution in [3.63, 3.8) is 0 Å². The molecule has 1 heterocycles. The number of hydrogen-bond donors (Lipinski definition) is 2. The Balaban J connectivity index is 1.68. The molecule has 0 spiro atoms. The summed E-state index contributed by atoms with van der Waals surface area (Å²) in [5.41, 5.74) is 3.58. The first-order valence-corrected chi connectivity index (χ1v) is 7.48. The molecule has 2 rings (SSSR count). The number of hydrazine groups is 1. The van der Waals surface area contributed by atoms with Crippen molar-refractivity contribution in [3.05, 3.63) is 22.4 Å². The molecule has 1 aliphatic rings. The van der Waals surface area contributed by atoms with Crippen LogP contribution in [0.15, 0.2) is 16.8 Å². The third-order valence-electron chi connectivity index (χ3n) is 3.29. The highest BCUT2D eigenvalue weighted by molar-refractivity contribution is 7.07. The largest absolute Gasteiger partial charge is 0.296 e. The monoisotopic (exact) mass is 267 g/mol. The third-order valence-corrected chi connectivity index (χ3v) is 4.02. The molecule has 1 saturated carbocycles. The summed E-state index contributed by atoms with van der Waals surface area (Å²) in [4.78, 5) is 13.6. The molecule has 1 fully saturated rings. The maximum atomic E-state index is 11.0. The Labute approximate surface area is 112 Å². The van der Waals surface area contributed by atoms with Gasteiger partial charge in [0.1, 0.15) is 0 Å². The van der Waals surface area contributed by atoms with Crippen LogP contribution in [-0.4, -0.2) is 23.4 Å². The van der Waals surface area contributed by atoms with E-state index in [1.165, 1.54) is 18.4 Å². The average Bonchev–Trinajstić information content (AvgIpc) is 3.11. The van der Waals surface area contributed by atoms with E-state index in [-0.39, 0.29) is 5.91 Å². The summed E-state index contributed by atoms with van der Waals surface area (Å²) in [7, 11) is 0. The minimum atomic E-state index is -0.0641. The van der Waals surface area contributed by atoms with Gasteiger partial charge in [-0.15, -0.1) is 0 Å². The number of unbranched alkanes of at least 4 members (excludes halogenated alkanes) is 1. The number of nitrogens with two attached hydrogens (primary N) is 1. The van der Waals surface area contributed by atoms with Crippen molar-refractivity contribution < 1.29 is 4.79 Å². The third kappa shape index (κ3) is 4.40. The fourth-order valence-electron chi connectivity index (χ4n) is 2.12. The van der Waals surface area contributed by atoms with E-state index in [2.05, 4.69) is 27.2 Å². The molecule has 0 aliphatic heterocycles. The number of amides is 1. The van der Waals surface area contributed by atoms with E-state index in [1.807, 2.05) is 0 Å². The molecule has 4 nitrogen and oxygen atoms in total. The van der Waals surface area contributed by atoms with Crippen molar-refractivity contribution in [2.75, 3.05) is 6.54 Å². The molecule has 0 bridgehead atoms. The van der Waals surface area contributed by atoms with Crippen LogP contribution in [0.4, 0.5) is 0 Å². The number of nitrogens with one attached hydrogen (secondary N) is 1. The molecule has 18 heavy (non-hydrogen) atoms. The zero-order chi connectivity index (χ0) is 12.8. The summed E-state index contributed by atoms with van der Waals surface area (Å²) in [5, 5.41) is 4.35. The van der Waals surface area contributed by atoms with Crippen LogP contribution in [0.3, 0.4) is 0 Å². The summed E-state index contributed by atoms with van der Waals surface area (Å²) < 4.78 is 0. The molecule has 3 N–H and O–H groups in total. The van der Waals surface area contributed by atoms with Crippen LogP contribution < -0.4 is 11.3 Å². The Morgan fingerprint density at radius 3 is 2.94 bits per heavy atom. The highest BCUT2D eigenvalue weighted by Gasteiger charge is 2.28. The lowest BCUT2D eigenvalue weighted by Gasteiger charge is -2.21. The highest BCUT2D eigenvalue weighted by atomic mass is 32.1. The Hall–Kier alpha value is -0.910. The Bertz CT molecular complexity index is 362. The van der Waals surface area contributed by atoms with Gasteiger partial charge in [-0.25, -0.2) is 5.84 Å². The Morgan fingerprint density at radius 1 is 1.50 bits per heavy atom. The molecule has 0 saturated heterocycles. The van der Waals surface area contributed by atoms with Crippen LogP contribution in [0.25, 0.3) is 0 Å². The van der Waals surface area contributed by atoms with Crippen LogP contribution in [-0.2, 0) is 11.3 Å². The zero-order valence-electron chi connectivity index (χ0n) is 10.6. The van der Waals surface area contributed by atoms with Gasteiger partial charge in [0.05, 0.1) is 0 Å². The molecular weight excluding hydrogens is 246 g/mol. The molecule has 0 aromatic carbocycles. The fourth-order valence-corrected chi connectivity index (χ4v) is 2.78. The summed E-state index contributed by atoms with van der Waals surface area (Å²) in [5.74, 6) is 4.99. The van der Waals surface area contributed by atoms with Gasteiger partial charge in [0.2, 0.25) is 5.91 Å². The molecule has 0 unspecified atom stereocenters. The first-order chi connectivity index (χ1) is 8.79. The molecule has 0 atom stereocenters. The van der Waals surface area contributed by atoms with Gasteiger partial charge in [-0.05, 0) is 54.6 Å². The second-order valence-electron chi connectivity index (χ2n) is 4.86. The number of rotatable bonds is 8. The Morgan fingerprint density at radius 2 is 2.33 bits per heavy atom. The summed E-state index contributed by atoms with van der Waals surface area (Å²) >= 11 is 1.76. The number of carbonyl (C=O) groups excluding carboxylic acids is 1. The lowest BCUT2D eigenvalue weighted by Crippen LogP contribution is -2.30. The van der Waals surface area contributed by atoms with Crippen molar-refractivity contribution in [2.24, 2.45) is 5.84 Å². The van der Waals surface area contributed by atoms with Crippen molar-refractivity contribution in [2.45, 2.75) is 44.7 Å². The molecule has 100 valence electrons. The predicted molar refractivity (Wildman–Crippen MR) is 73.9 cm³/mol. The summed E-state index contributed by atoms with van der Waals surface area (Å²) in [6, 6.07) is 2.97. The molecule has 1 aliphatic carbocycles. The summed E-state index contributed by atoms with van der Waals surface area (Å²) in [6.45, 7) is 2.13. The SMILES string of the molecule is NNC(=O)CCCCN(Cc1ccsc1)C1CC1. The van der Waals surface area contributed by atoms with Crippen LogP contribution in [0, 0.1) is 0 Å². The topological polar surface area (TPSA) is 58.4 Å². The zero-order valence-corrected chi connectivity index (χ0v) is 11.4. The fraction of sp³-hybridized carbons (Fsp3) is 0.615. The number of nitrogens with zero attached hydrogens (tertiary/aromatic N) is 1. The maximum Gasteiger partial charge on any atom is 0.233 e. The van der Waals surface area contributed by atoms with E-state index in [0.717, 1.165) is 32.0 Å². The normalized spacial score (nSPS) is 15.0. The average molecular weight is 267 g/mol. The van der Waals surface area contributed by atoms with E-state index in [1.54, 1.807) is 11.3 Å². The van der Waals surface area contributed by atoms with Crippen LogP contribution in [0.5, 0.6) is 0 Å². The molecule has 1 aromatic rings. The van der Waals surface area contributed by atoms with Gasteiger partial charge >= 0.3 is 0 Å². The van der Waals surface area contributed by atoms with Gasteiger partial charge in [0, 0.05) is 19.0 Å². The van der Waals surface area contributed by atoms with E-state index < -0.39 is 0 Å². The first kappa shape index (κ1) is 13.5. The van der Waals surface area contributed by atoms with Crippen molar-refractivity contribution in [1.29, 1.82) is 0 Å². The van der Waals surface area contributed by atoms with Crippen LogP contribution in [0.1, 0.15) is 37.7 Å². The van der Waals surface area contributed by atoms with Gasteiger partial charge < -0.3 is 0 Å². The molecule has 0 radical (unpaired) electrons. The minimum absolute atomic E-state index is 0.0641. The van der Waals surface area contributed by atoms with E-state index in [0.29, 0.717) is 6.42 Å². The van der Waals surface area contributed by atoms with Gasteiger partial charge in [-0.2, -0.15) is 11.3 Å². The quantitative estimate of drug-likeness (QED) is 0.327.